The minimum Gasteiger partial charge on any atom is -0.478 e. The molecule has 0 aromatic carbocycles. The molecule has 0 unspecified atom stereocenters. The first-order valence-corrected chi connectivity index (χ1v) is 1.77. The number of carboxylic acid groups (broad SMARTS) is 2. The second-order valence-corrected chi connectivity index (χ2v) is 1.01. The van der Waals surface area contributed by atoms with Crippen molar-refractivity contribution < 1.29 is 57.5 Å². The van der Waals surface area contributed by atoms with Gasteiger partial charge in [0, 0.05) is 49.9 Å². The fraction of sp³-hybridized carbons (Fsp3) is 0. The largest absolute Gasteiger partial charge is 0.478 e. The van der Waals surface area contributed by atoms with Gasteiger partial charge in [-0.15, -0.1) is 0 Å². The molecule has 0 saturated carbocycles. The summed E-state index contributed by atoms with van der Waals surface area (Å²) in [6.45, 7) is 0. The van der Waals surface area contributed by atoms with E-state index in [1.807, 2.05) is 0 Å². The molecule has 0 aromatic heterocycles. The Kier molecular flexibility index (Phi) is 7.89. The van der Waals surface area contributed by atoms with Crippen LogP contribution in [0.15, 0.2) is 12.2 Å². The van der Waals surface area contributed by atoms with Gasteiger partial charge in [0.05, 0.1) is 0 Å². The fourth-order valence-electron chi connectivity index (χ4n) is 0.143. The molecule has 0 amide bonds. The minimum absolute atomic E-state index is 0. The average molecular weight is 156 g/mol. The standard InChI is InChI=1S/C4H4O4.Ar/c5-3(6)1-2-4(7)8;/h1-2H,(H,5,6)(H,7,8);. The first-order chi connectivity index (χ1) is 3.63. The van der Waals surface area contributed by atoms with Crippen molar-refractivity contribution in [2.45, 2.75) is 0 Å². The molecule has 0 saturated heterocycles. The van der Waals surface area contributed by atoms with Crippen molar-refractivity contribution >= 4 is 11.9 Å². The first-order valence-electron chi connectivity index (χ1n) is 1.77. The van der Waals surface area contributed by atoms with Crippen LogP contribution in [0.3, 0.4) is 0 Å². The third-order valence-corrected chi connectivity index (χ3v) is 0.368. The van der Waals surface area contributed by atoms with Crippen LogP contribution in [0.1, 0.15) is 0 Å². The predicted octanol–water partition coefficient (Wildman–Crippen LogP) is -0.288. The van der Waals surface area contributed by atoms with Crippen LogP contribution in [0.25, 0.3) is 0 Å². The third-order valence-electron chi connectivity index (χ3n) is 0.368. The van der Waals surface area contributed by atoms with Gasteiger partial charge in [-0.2, -0.15) is 0 Å². The monoisotopic (exact) mass is 156 g/mol. The molecular formula is C4H4ArO4. The summed E-state index contributed by atoms with van der Waals surface area (Å²) in [5, 5.41) is 15.6. The van der Waals surface area contributed by atoms with Gasteiger partial charge in [0.25, 0.3) is 0 Å². The Morgan fingerprint density at radius 3 is 1.33 bits per heavy atom. The summed E-state index contributed by atoms with van der Waals surface area (Å²) in [4.78, 5) is 19.1. The normalized spacial score (nSPS) is 8.44. The van der Waals surface area contributed by atoms with Crippen LogP contribution in [0.5, 0.6) is 0 Å². The number of carbonyl (C=O) groups is 2. The van der Waals surface area contributed by atoms with E-state index in [4.69, 9.17) is 10.2 Å². The molecule has 9 heavy (non-hydrogen) atoms. The molecule has 0 spiro atoms. The van der Waals surface area contributed by atoms with Crippen molar-refractivity contribution in [3.8, 4) is 0 Å². The fourth-order valence-corrected chi connectivity index (χ4v) is 0.143. The van der Waals surface area contributed by atoms with Crippen molar-refractivity contribution in [2.75, 3.05) is 0 Å². The van der Waals surface area contributed by atoms with E-state index in [-0.39, 0.29) is 37.7 Å². The third kappa shape index (κ3) is 11.5. The average Bonchev–Trinajstić information content (AvgIpc) is 1.61. The van der Waals surface area contributed by atoms with Gasteiger partial charge in [-0.05, 0) is 0 Å². The number of aliphatic carboxylic acids is 2. The number of hydrogen-bond acceptors (Lipinski definition) is 2. The molecule has 0 aliphatic carbocycles. The van der Waals surface area contributed by atoms with Crippen molar-refractivity contribution in [1.82, 2.24) is 0 Å². The van der Waals surface area contributed by atoms with Crippen LogP contribution in [0.2, 0.25) is 0 Å². The maximum atomic E-state index is 9.55. The Hall–Kier alpha value is -0.0603. The number of hydrogen-bond donors (Lipinski definition) is 2. The molecule has 0 heterocycles. The molecule has 0 aliphatic heterocycles. The van der Waals surface area contributed by atoms with E-state index in [2.05, 4.69) is 0 Å². The predicted molar refractivity (Wildman–Crippen MR) is 24.4 cm³/mol. The second kappa shape index (κ2) is 6.07. The Morgan fingerprint density at radius 2 is 1.22 bits per heavy atom. The molecule has 0 radical (unpaired) electrons. The zero-order valence-corrected chi connectivity index (χ0v) is 4.93. The van der Waals surface area contributed by atoms with Gasteiger partial charge in [0.1, 0.15) is 0 Å². The Bertz CT molecular complexity index is 124. The van der Waals surface area contributed by atoms with Crippen molar-refractivity contribution in [2.24, 2.45) is 0 Å². The summed E-state index contributed by atoms with van der Waals surface area (Å²) in [6, 6.07) is 0. The van der Waals surface area contributed by atoms with Gasteiger partial charge >= 0.3 is 11.9 Å². The molecule has 2 N–H and O–H groups in total. The minimum atomic E-state index is -1.26. The van der Waals surface area contributed by atoms with Crippen LogP contribution in [-0.2, 0) is 9.59 Å². The van der Waals surface area contributed by atoms with E-state index < -0.39 is 11.9 Å². The summed E-state index contributed by atoms with van der Waals surface area (Å²) >= 11 is 0. The summed E-state index contributed by atoms with van der Waals surface area (Å²) < 4.78 is 0. The quantitative estimate of drug-likeness (QED) is 0.538. The van der Waals surface area contributed by atoms with Gasteiger partial charge < -0.3 is 10.2 Å². The van der Waals surface area contributed by atoms with Crippen LogP contribution < -0.4 is 0 Å². The summed E-state index contributed by atoms with van der Waals surface area (Å²) in [6.07, 6.45) is 1.12. The summed E-state index contributed by atoms with van der Waals surface area (Å²) in [7, 11) is 0. The van der Waals surface area contributed by atoms with Gasteiger partial charge in [-0.3, -0.25) is 0 Å². The Labute approximate surface area is 81.2 Å². The smallest absolute Gasteiger partial charge is 0.328 e. The van der Waals surface area contributed by atoms with Gasteiger partial charge in [-0.1, -0.05) is 0 Å². The molecule has 0 atom stereocenters. The van der Waals surface area contributed by atoms with E-state index in [1.54, 1.807) is 0 Å². The van der Waals surface area contributed by atoms with E-state index >= 15 is 0 Å². The van der Waals surface area contributed by atoms with E-state index in [0.717, 1.165) is 0 Å². The number of rotatable bonds is 2. The topological polar surface area (TPSA) is 74.6 Å². The summed E-state index contributed by atoms with van der Waals surface area (Å²) in [5.74, 6) is -2.51. The van der Waals surface area contributed by atoms with Crippen LogP contribution in [-0.4, -0.2) is 22.2 Å². The molecule has 0 rings (SSSR count). The molecule has 4 nitrogen and oxygen atoms in total. The molecule has 0 aromatic rings. The Morgan fingerprint density at radius 1 is 1.00 bits per heavy atom. The zero-order valence-electron chi connectivity index (χ0n) is 4.22. The van der Waals surface area contributed by atoms with Gasteiger partial charge in [0.15, 0.2) is 0 Å². The molecule has 0 aliphatic rings. The molecule has 52 valence electrons. The van der Waals surface area contributed by atoms with Crippen molar-refractivity contribution in [3.05, 3.63) is 12.2 Å². The summed E-state index contributed by atoms with van der Waals surface area (Å²) in [5.41, 5.74) is 0. The van der Waals surface area contributed by atoms with Gasteiger partial charge in [-0.25, -0.2) is 9.59 Å². The SMILES string of the molecule is O=C(O)C=CC(=O)O.[Ar]. The number of carboxylic acids is 2. The van der Waals surface area contributed by atoms with Crippen LogP contribution in [0.4, 0.5) is 0 Å². The first kappa shape index (κ1) is 11.7. The van der Waals surface area contributed by atoms with Gasteiger partial charge in [0.2, 0.25) is 0 Å². The second-order valence-electron chi connectivity index (χ2n) is 1.01. The van der Waals surface area contributed by atoms with Crippen molar-refractivity contribution in [1.29, 1.82) is 0 Å². The van der Waals surface area contributed by atoms with E-state index in [9.17, 15) is 9.59 Å². The van der Waals surface area contributed by atoms with E-state index in [0.29, 0.717) is 12.2 Å². The van der Waals surface area contributed by atoms with Crippen LogP contribution >= 0.6 is 0 Å². The zero-order chi connectivity index (χ0) is 6.57. The molecule has 0 fully saturated rings. The van der Waals surface area contributed by atoms with Crippen LogP contribution in [0, 0.1) is 37.7 Å². The van der Waals surface area contributed by atoms with Crippen molar-refractivity contribution in [3.63, 3.8) is 0 Å². The maximum Gasteiger partial charge on any atom is 0.328 e. The molecule has 0 bridgehead atoms. The Balaban J connectivity index is 0. The van der Waals surface area contributed by atoms with E-state index in [1.165, 1.54) is 0 Å². The molecular weight excluding hydrogens is 152 g/mol. The maximum absolute atomic E-state index is 9.55. The molecule has 5 heteroatoms.